The van der Waals surface area contributed by atoms with Crippen LogP contribution in [0.1, 0.15) is 0 Å². The van der Waals surface area contributed by atoms with Crippen LogP contribution in [0.5, 0.6) is 0 Å². The normalized spacial score (nSPS) is 11.3. The Morgan fingerprint density at radius 2 is 2.25 bits per heavy atom. The predicted octanol–water partition coefficient (Wildman–Crippen LogP) is 2.78. The first-order valence-corrected chi connectivity index (χ1v) is 4.62. The molecule has 0 atom stereocenters. The van der Waals surface area contributed by atoms with Crippen molar-refractivity contribution < 1.29 is 0 Å². The third-order valence-electron chi connectivity index (χ3n) is 2.04. The van der Waals surface area contributed by atoms with Gasteiger partial charge >= 0.3 is 0 Å². The summed E-state index contributed by atoms with van der Waals surface area (Å²) in [5.74, 6) is 0. The fraction of sp³-hybridized carbons (Fsp3) is 0. The van der Waals surface area contributed by atoms with Crippen LogP contribution in [0.2, 0.25) is 0 Å². The number of aromatic nitrogens is 2. The number of aromatic amines is 1. The Morgan fingerprint density at radius 3 is 3.25 bits per heavy atom. The second kappa shape index (κ2) is 2.08. The van der Waals surface area contributed by atoms with Gasteiger partial charge in [-0.25, -0.2) is 4.98 Å². The van der Waals surface area contributed by atoms with E-state index in [4.69, 9.17) is 0 Å². The third-order valence-corrected chi connectivity index (χ3v) is 2.84. The van der Waals surface area contributed by atoms with E-state index < -0.39 is 0 Å². The lowest BCUT2D eigenvalue weighted by Crippen LogP contribution is -1.67. The number of fused-ring (bicyclic) bond motifs is 3. The quantitative estimate of drug-likeness (QED) is 0.557. The van der Waals surface area contributed by atoms with Crippen molar-refractivity contribution in [2.45, 2.75) is 0 Å². The molecule has 0 radical (unpaired) electrons. The van der Waals surface area contributed by atoms with Crippen molar-refractivity contribution in [3.05, 3.63) is 30.0 Å². The molecule has 0 aliphatic heterocycles. The highest BCUT2D eigenvalue weighted by Crippen LogP contribution is 2.26. The first-order chi connectivity index (χ1) is 5.95. The van der Waals surface area contributed by atoms with Gasteiger partial charge in [0.25, 0.3) is 0 Å². The van der Waals surface area contributed by atoms with E-state index >= 15 is 0 Å². The van der Waals surface area contributed by atoms with E-state index in [9.17, 15) is 0 Å². The Bertz CT molecular complexity index is 486. The molecule has 2 heterocycles. The molecular weight excluding hydrogens is 168 g/mol. The zero-order valence-corrected chi connectivity index (χ0v) is 7.06. The average molecular weight is 174 g/mol. The Kier molecular flexibility index (Phi) is 1.07. The fourth-order valence-electron chi connectivity index (χ4n) is 1.46. The molecule has 0 aliphatic carbocycles. The minimum Gasteiger partial charge on any atom is -0.366 e. The largest absolute Gasteiger partial charge is 0.366 e. The van der Waals surface area contributed by atoms with E-state index in [1.165, 1.54) is 15.5 Å². The fourth-order valence-corrected chi connectivity index (χ4v) is 2.15. The van der Waals surface area contributed by atoms with Crippen molar-refractivity contribution in [2.24, 2.45) is 0 Å². The molecule has 3 aromatic rings. The van der Waals surface area contributed by atoms with Crippen molar-refractivity contribution in [3.8, 4) is 0 Å². The number of rotatable bonds is 0. The first-order valence-electron chi connectivity index (χ1n) is 3.74. The summed E-state index contributed by atoms with van der Waals surface area (Å²) in [6.07, 6.45) is 3.99. The molecule has 0 saturated heterocycles. The molecule has 1 N–H and O–H groups in total. The first kappa shape index (κ1) is 6.20. The monoisotopic (exact) mass is 174 g/mol. The summed E-state index contributed by atoms with van der Waals surface area (Å²) in [4.78, 5) is 7.40. The maximum absolute atomic E-state index is 4.32. The minimum atomic E-state index is 1.11. The molecule has 0 bridgehead atoms. The van der Waals surface area contributed by atoms with Gasteiger partial charge in [0, 0.05) is 23.2 Å². The van der Waals surface area contributed by atoms with Crippen LogP contribution >= 0.6 is 11.3 Å². The molecule has 0 amide bonds. The lowest BCUT2D eigenvalue weighted by molar-refractivity contribution is 1.43. The second-order valence-corrected chi connectivity index (χ2v) is 3.61. The minimum absolute atomic E-state index is 1.11. The highest BCUT2D eigenvalue weighted by Gasteiger charge is 2.01. The van der Waals surface area contributed by atoms with Gasteiger partial charge in [0.2, 0.25) is 0 Å². The molecule has 1 aromatic carbocycles. The molecule has 0 saturated carbocycles. The average Bonchev–Trinajstić information content (AvgIpc) is 2.71. The summed E-state index contributed by atoms with van der Waals surface area (Å²) in [5, 5.41) is 2.45. The number of H-pyrrole nitrogens is 1. The number of benzene rings is 1. The van der Waals surface area contributed by atoms with Crippen LogP contribution in [0.15, 0.2) is 30.0 Å². The smallest absolute Gasteiger partial charge is 0.0905 e. The van der Waals surface area contributed by atoms with Crippen LogP contribution in [0, 0.1) is 0 Å². The maximum atomic E-state index is 4.32. The van der Waals surface area contributed by atoms with Crippen LogP contribution in [0.3, 0.4) is 0 Å². The number of hydrogen-bond acceptors (Lipinski definition) is 2. The van der Waals surface area contributed by atoms with Crippen molar-refractivity contribution in [3.63, 3.8) is 0 Å². The molecule has 58 valence electrons. The Hall–Kier alpha value is -1.35. The topological polar surface area (TPSA) is 28.7 Å². The Morgan fingerprint density at radius 1 is 1.25 bits per heavy atom. The van der Waals surface area contributed by atoms with E-state index in [2.05, 4.69) is 22.1 Å². The van der Waals surface area contributed by atoms with Crippen LogP contribution in [-0.4, -0.2) is 9.97 Å². The van der Waals surface area contributed by atoms with E-state index in [0.29, 0.717) is 0 Å². The molecule has 0 spiro atoms. The van der Waals surface area contributed by atoms with E-state index in [1.807, 2.05) is 17.9 Å². The molecule has 0 aliphatic rings. The number of hydrogen-bond donors (Lipinski definition) is 1. The molecule has 12 heavy (non-hydrogen) atoms. The molecule has 2 nitrogen and oxygen atoms in total. The second-order valence-electron chi connectivity index (χ2n) is 2.72. The zero-order chi connectivity index (χ0) is 7.97. The van der Waals surface area contributed by atoms with E-state index in [1.54, 1.807) is 11.3 Å². The molecule has 3 heteroatoms. The van der Waals surface area contributed by atoms with Crippen LogP contribution in [0.4, 0.5) is 0 Å². The number of nitrogens with zero attached hydrogens (tertiary/aromatic N) is 1. The predicted molar refractivity (Wildman–Crippen MR) is 51.5 cm³/mol. The molecule has 3 rings (SSSR count). The van der Waals surface area contributed by atoms with E-state index in [0.717, 1.165) is 5.52 Å². The lowest BCUT2D eigenvalue weighted by Gasteiger charge is -1.88. The van der Waals surface area contributed by atoms with Gasteiger partial charge in [0.1, 0.15) is 0 Å². The van der Waals surface area contributed by atoms with Crippen LogP contribution < -0.4 is 0 Å². The molecule has 2 aromatic heterocycles. The highest BCUT2D eigenvalue weighted by molar-refractivity contribution is 7.16. The molecule has 0 unspecified atom stereocenters. The zero-order valence-electron chi connectivity index (χ0n) is 6.24. The van der Waals surface area contributed by atoms with Gasteiger partial charge < -0.3 is 4.98 Å². The maximum Gasteiger partial charge on any atom is 0.0905 e. The third kappa shape index (κ3) is 0.662. The summed E-state index contributed by atoms with van der Waals surface area (Å²) < 4.78 is 1.25. The van der Waals surface area contributed by atoms with Gasteiger partial charge in [-0.2, -0.15) is 0 Å². The van der Waals surface area contributed by atoms with Gasteiger partial charge in [-0.05, 0) is 6.07 Å². The molecule has 0 fully saturated rings. The van der Waals surface area contributed by atoms with Crippen molar-refractivity contribution >= 4 is 32.3 Å². The van der Waals surface area contributed by atoms with Gasteiger partial charge in [-0.15, -0.1) is 11.3 Å². The van der Waals surface area contributed by atoms with E-state index in [-0.39, 0.29) is 0 Å². The number of nitrogens with one attached hydrogen (secondary N) is 1. The van der Waals surface area contributed by atoms with Gasteiger partial charge in [0.15, 0.2) is 0 Å². The van der Waals surface area contributed by atoms with Crippen molar-refractivity contribution in [1.29, 1.82) is 0 Å². The summed E-state index contributed by atoms with van der Waals surface area (Å²) in [7, 11) is 0. The Balaban J connectivity index is 2.71. The van der Waals surface area contributed by atoms with Gasteiger partial charge in [0.05, 0.1) is 15.7 Å². The summed E-state index contributed by atoms with van der Waals surface area (Å²) >= 11 is 1.68. The summed E-state index contributed by atoms with van der Waals surface area (Å²) in [5.41, 5.74) is 3.00. The molecular formula is C9H6N2S. The van der Waals surface area contributed by atoms with Crippen molar-refractivity contribution in [2.75, 3.05) is 0 Å². The van der Waals surface area contributed by atoms with Gasteiger partial charge in [-0.3, -0.25) is 0 Å². The van der Waals surface area contributed by atoms with Crippen LogP contribution in [0.25, 0.3) is 21.0 Å². The Labute approximate surface area is 72.9 Å². The summed E-state index contributed by atoms with van der Waals surface area (Å²) in [6, 6.07) is 4.23. The highest BCUT2D eigenvalue weighted by atomic mass is 32.1. The van der Waals surface area contributed by atoms with Crippen LogP contribution in [-0.2, 0) is 0 Å². The van der Waals surface area contributed by atoms with Crippen molar-refractivity contribution in [1.82, 2.24) is 9.97 Å². The van der Waals surface area contributed by atoms with Gasteiger partial charge in [-0.1, -0.05) is 6.07 Å². The lowest BCUT2D eigenvalue weighted by atomic mass is 10.2. The summed E-state index contributed by atoms with van der Waals surface area (Å²) in [6.45, 7) is 0. The standard InChI is InChI=1S/C9H6N2S/c1-2-8-9(11-5-12-8)7-4-10-3-6(1)7/h1-5,10H. The number of thiazole rings is 1. The SMILES string of the molecule is c1nc2c(ccc3c[nH]cc32)s1.